The molecule has 76 valence electrons. The van der Waals surface area contributed by atoms with Crippen molar-refractivity contribution in [3.63, 3.8) is 0 Å². The van der Waals surface area contributed by atoms with E-state index in [1.165, 1.54) is 0 Å². The van der Waals surface area contributed by atoms with Crippen LogP contribution in [-0.2, 0) is 4.74 Å². The van der Waals surface area contributed by atoms with Crippen molar-refractivity contribution in [2.75, 3.05) is 7.05 Å². The lowest BCUT2D eigenvalue weighted by Crippen LogP contribution is -2.29. The summed E-state index contributed by atoms with van der Waals surface area (Å²) < 4.78 is 5.45. The maximum absolute atomic E-state index is 9.54. The third kappa shape index (κ3) is 1.54. The van der Waals surface area contributed by atoms with Gasteiger partial charge < -0.3 is 9.84 Å². The Kier molecular flexibility index (Phi) is 2.54. The summed E-state index contributed by atoms with van der Waals surface area (Å²) in [5, 5.41) is 9.54. The summed E-state index contributed by atoms with van der Waals surface area (Å²) in [6, 6.07) is 9.97. The predicted molar refractivity (Wildman–Crippen MR) is 53.5 cm³/mol. The van der Waals surface area contributed by atoms with Crippen molar-refractivity contribution in [3.8, 4) is 0 Å². The molecule has 1 aliphatic rings. The molecule has 3 atom stereocenters. The van der Waals surface area contributed by atoms with Gasteiger partial charge in [-0.25, -0.2) is 0 Å². The summed E-state index contributed by atoms with van der Waals surface area (Å²) >= 11 is 0. The first-order valence-electron chi connectivity index (χ1n) is 4.80. The second kappa shape index (κ2) is 3.69. The molecule has 0 spiro atoms. The molecule has 14 heavy (non-hydrogen) atoms. The SMILES string of the molecule is C[C@H]1C(O)O[C@H](c2ccccc2)N1C. The van der Waals surface area contributed by atoms with Crippen molar-refractivity contribution in [2.24, 2.45) is 0 Å². The van der Waals surface area contributed by atoms with E-state index in [0.717, 1.165) is 5.56 Å². The number of hydrogen-bond donors (Lipinski definition) is 1. The second-order valence-corrected chi connectivity index (χ2v) is 3.70. The molecule has 1 N–H and O–H groups in total. The number of nitrogens with zero attached hydrogens (tertiary/aromatic N) is 1. The van der Waals surface area contributed by atoms with E-state index in [0.29, 0.717) is 0 Å². The number of aliphatic hydroxyl groups excluding tert-OH is 1. The molecule has 1 unspecified atom stereocenters. The molecule has 2 rings (SSSR count). The van der Waals surface area contributed by atoms with Crippen molar-refractivity contribution < 1.29 is 9.84 Å². The van der Waals surface area contributed by atoms with Gasteiger partial charge in [-0.2, -0.15) is 0 Å². The molecule has 0 bridgehead atoms. The van der Waals surface area contributed by atoms with Crippen LogP contribution in [0, 0.1) is 0 Å². The van der Waals surface area contributed by atoms with Crippen LogP contribution in [0.3, 0.4) is 0 Å². The number of benzene rings is 1. The van der Waals surface area contributed by atoms with Gasteiger partial charge in [-0.05, 0) is 19.5 Å². The van der Waals surface area contributed by atoms with Crippen molar-refractivity contribution in [2.45, 2.75) is 25.5 Å². The van der Waals surface area contributed by atoms with Gasteiger partial charge in [0.05, 0.1) is 6.04 Å². The minimum atomic E-state index is -0.690. The smallest absolute Gasteiger partial charge is 0.172 e. The summed E-state index contributed by atoms with van der Waals surface area (Å²) in [4.78, 5) is 2.03. The number of rotatable bonds is 1. The molecule has 1 saturated heterocycles. The number of ether oxygens (including phenoxy) is 1. The molecule has 0 amide bonds. The van der Waals surface area contributed by atoms with Crippen molar-refractivity contribution in [1.82, 2.24) is 4.90 Å². The minimum absolute atomic E-state index is 0.0419. The predicted octanol–water partition coefficient (Wildman–Crippen LogP) is 1.35. The highest BCUT2D eigenvalue weighted by Crippen LogP contribution is 2.31. The first-order valence-corrected chi connectivity index (χ1v) is 4.80. The van der Waals surface area contributed by atoms with Crippen LogP contribution in [0.25, 0.3) is 0 Å². The van der Waals surface area contributed by atoms with E-state index in [2.05, 4.69) is 0 Å². The molecule has 1 fully saturated rings. The Labute approximate surface area is 83.9 Å². The minimum Gasteiger partial charge on any atom is -0.367 e. The molecule has 3 nitrogen and oxygen atoms in total. The average molecular weight is 193 g/mol. The van der Waals surface area contributed by atoms with Crippen LogP contribution in [0.5, 0.6) is 0 Å². The van der Waals surface area contributed by atoms with E-state index < -0.39 is 6.29 Å². The molecule has 3 heteroatoms. The Morgan fingerprint density at radius 3 is 2.43 bits per heavy atom. The van der Waals surface area contributed by atoms with Gasteiger partial charge in [-0.15, -0.1) is 0 Å². The maximum Gasteiger partial charge on any atom is 0.172 e. The zero-order valence-electron chi connectivity index (χ0n) is 8.42. The van der Waals surface area contributed by atoms with Gasteiger partial charge in [-0.1, -0.05) is 30.3 Å². The van der Waals surface area contributed by atoms with Crippen LogP contribution in [0.1, 0.15) is 18.7 Å². The van der Waals surface area contributed by atoms with Gasteiger partial charge in [0, 0.05) is 0 Å². The van der Waals surface area contributed by atoms with E-state index in [-0.39, 0.29) is 12.3 Å². The van der Waals surface area contributed by atoms with Gasteiger partial charge in [0.2, 0.25) is 0 Å². The summed E-state index contributed by atoms with van der Waals surface area (Å²) in [5.74, 6) is 0. The fraction of sp³-hybridized carbons (Fsp3) is 0.455. The number of likely N-dealkylation sites (N-methyl/N-ethyl adjacent to an activating group) is 1. The molecule has 0 radical (unpaired) electrons. The summed E-state index contributed by atoms with van der Waals surface area (Å²) in [5.41, 5.74) is 1.08. The third-order valence-corrected chi connectivity index (χ3v) is 2.78. The largest absolute Gasteiger partial charge is 0.367 e. The van der Waals surface area contributed by atoms with Crippen molar-refractivity contribution in [3.05, 3.63) is 35.9 Å². The van der Waals surface area contributed by atoms with E-state index >= 15 is 0 Å². The van der Waals surface area contributed by atoms with Crippen LogP contribution in [0.15, 0.2) is 30.3 Å². The highest BCUT2D eigenvalue weighted by atomic mass is 16.6. The van der Waals surface area contributed by atoms with Crippen molar-refractivity contribution in [1.29, 1.82) is 0 Å². The summed E-state index contributed by atoms with van der Waals surface area (Å²) in [7, 11) is 1.96. The lowest BCUT2D eigenvalue weighted by Gasteiger charge is -2.20. The summed E-state index contributed by atoms with van der Waals surface area (Å²) in [6.45, 7) is 1.95. The number of aliphatic hydroxyl groups is 1. The zero-order chi connectivity index (χ0) is 10.1. The van der Waals surface area contributed by atoms with E-state index in [4.69, 9.17) is 4.74 Å². The molecule has 1 aromatic carbocycles. The molecule has 1 aliphatic heterocycles. The van der Waals surface area contributed by atoms with Gasteiger partial charge >= 0.3 is 0 Å². The third-order valence-electron chi connectivity index (χ3n) is 2.78. The van der Waals surface area contributed by atoms with E-state index in [1.54, 1.807) is 0 Å². The highest BCUT2D eigenvalue weighted by Gasteiger charge is 2.36. The Hall–Kier alpha value is -0.900. The molecule has 0 aliphatic carbocycles. The van der Waals surface area contributed by atoms with Gasteiger partial charge in [0.15, 0.2) is 6.29 Å². The first kappa shape index (κ1) is 9.65. The normalized spacial score (nSPS) is 33.5. The molecular weight excluding hydrogens is 178 g/mol. The fourth-order valence-electron chi connectivity index (χ4n) is 1.69. The average Bonchev–Trinajstić information content (AvgIpc) is 2.47. The van der Waals surface area contributed by atoms with E-state index in [1.807, 2.05) is 49.2 Å². The Morgan fingerprint density at radius 1 is 1.29 bits per heavy atom. The highest BCUT2D eigenvalue weighted by molar-refractivity contribution is 5.18. The Balaban J connectivity index is 2.21. The second-order valence-electron chi connectivity index (χ2n) is 3.70. The molecule has 1 heterocycles. The van der Waals surface area contributed by atoms with Crippen LogP contribution in [0.4, 0.5) is 0 Å². The molecule has 0 saturated carbocycles. The first-order chi connectivity index (χ1) is 6.70. The maximum atomic E-state index is 9.54. The molecule has 0 aromatic heterocycles. The van der Waals surface area contributed by atoms with Crippen LogP contribution in [-0.4, -0.2) is 29.4 Å². The lowest BCUT2D eigenvalue weighted by atomic mass is 10.2. The van der Waals surface area contributed by atoms with E-state index in [9.17, 15) is 5.11 Å². The standard InChI is InChI=1S/C11H15NO2/c1-8-11(13)14-10(12(8)2)9-6-4-3-5-7-9/h3-8,10-11,13H,1-2H3/t8-,10+,11?/m0/s1. The summed E-state index contributed by atoms with van der Waals surface area (Å²) in [6.07, 6.45) is -0.814. The lowest BCUT2D eigenvalue weighted by molar-refractivity contribution is -0.101. The monoisotopic (exact) mass is 193 g/mol. The molecule has 1 aromatic rings. The van der Waals surface area contributed by atoms with Crippen LogP contribution in [0.2, 0.25) is 0 Å². The van der Waals surface area contributed by atoms with Gasteiger partial charge in [-0.3, -0.25) is 4.90 Å². The molecular formula is C11H15NO2. The van der Waals surface area contributed by atoms with Gasteiger partial charge in [0.25, 0.3) is 0 Å². The van der Waals surface area contributed by atoms with Crippen LogP contribution < -0.4 is 0 Å². The number of hydrogen-bond acceptors (Lipinski definition) is 3. The Morgan fingerprint density at radius 2 is 1.93 bits per heavy atom. The topological polar surface area (TPSA) is 32.7 Å². The van der Waals surface area contributed by atoms with Gasteiger partial charge in [0.1, 0.15) is 6.23 Å². The quantitative estimate of drug-likeness (QED) is 0.731. The Bertz CT molecular complexity index is 301. The van der Waals surface area contributed by atoms with Crippen LogP contribution >= 0.6 is 0 Å². The fourth-order valence-corrected chi connectivity index (χ4v) is 1.69. The van der Waals surface area contributed by atoms with Crippen molar-refractivity contribution >= 4 is 0 Å². The zero-order valence-corrected chi connectivity index (χ0v) is 8.42.